The molecule has 21 heavy (non-hydrogen) atoms. The first kappa shape index (κ1) is 17.8. The number of unbranched alkanes of at least 4 members (excludes halogenated alkanes) is 1. The van der Waals surface area contributed by atoms with Gasteiger partial charge >= 0.3 is 5.97 Å². The smallest absolute Gasteiger partial charge is 0.305 e. The Hall–Kier alpha value is -1.30. The predicted octanol–water partition coefficient (Wildman–Crippen LogP) is 1.31. The standard InChI is InChI=1S/C15H29N3O3/c1-16-15(17-9-4-3-6-14(19)20-2)18-10-5-11-21-12-13-7-8-13/h13H,3-12H2,1-2H3,(H2,16,17,18). The number of hydrogen-bond donors (Lipinski definition) is 2. The second-order valence-corrected chi connectivity index (χ2v) is 5.33. The number of carbonyl (C=O) groups excluding carboxylic acids is 1. The van der Waals surface area contributed by atoms with Gasteiger partial charge in [-0.25, -0.2) is 0 Å². The Bertz CT molecular complexity index is 317. The first-order valence-corrected chi connectivity index (χ1v) is 7.85. The molecule has 0 aromatic heterocycles. The first-order valence-electron chi connectivity index (χ1n) is 7.85. The normalized spacial score (nSPS) is 14.9. The molecular formula is C15H29N3O3. The van der Waals surface area contributed by atoms with Crippen LogP contribution in [0.25, 0.3) is 0 Å². The van der Waals surface area contributed by atoms with Gasteiger partial charge in [0.25, 0.3) is 0 Å². The van der Waals surface area contributed by atoms with Crippen LogP contribution < -0.4 is 10.6 Å². The van der Waals surface area contributed by atoms with E-state index in [4.69, 9.17) is 4.74 Å². The van der Waals surface area contributed by atoms with Gasteiger partial charge in [-0.1, -0.05) is 0 Å². The number of esters is 1. The fourth-order valence-electron chi connectivity index (χ4n) is 1.84. The average molecular weight is 299 g/mol. The Kier molecular flexibility index (Phi) is 9.61. The summed E-state index contributed by atoms with van der Waals surface area (Å²) in [5.74, 6) is 1.48. The van der Waals surface area contributed by atoms with Crippen molar-refractivity contribution in [3.8, 4) is 0 Å². The van der Waals surface area contributed by atoms with E-state index in [1.165, 1.54) is 20.0 Å². The Morgan fingerprint density at radius 1 is 1.19 bits per heavy atom. The number of hydrogen-bond acceptors (Lipinski definition) is 4. The summed E-state index contributed by atoms with van der Waals surface area (Å²) >= 11 is 0. The van der Waals surface area contributed by atoms with Crippen molar-refractivity contribution in [2.75, 3.05) is 40.5 Å². The van der Waals surface area contributed by atoms with E-state index in [0.29, 0.717) is 6.42 Å². The number of ether oxygens (including phenoxy) is 2. The Morgan fingerprint density at radius 2 is 1.90 bits per heavy atom. The molecule has 1 fully saturated rings. The summed E-state index contributed by atoms with van der Waals surface area (Å²) in [6.07, 6.45) is 5.87. The average Bonchev–Trinajstić information content (AvgIpc) is 3.32. The molecule has 0 spiro atoms. The molecule has 0 aromatic carbocycles. The zero-order chi connectivity index (χ0) is 15.3. The van der Waals surface area contributed by atoms with Crippen molar-refractivity contribution < 1.29 is 14.3 Å². The van der Waals surface area contributed by atoms with E-state index in [-0.39, 0.29) is 5.97 Å². The number of guanidine groups is 1. The van der Waals surface area contributed by atoms with Crippen LogP contribution in [0.2, 0.25) is 0 Å². The summed E-state index contributed by atoms with van der Waals surface area (Å²) in [4.78, 5) is 15.1. The molecule has 1 aliphatic rings. The second-order valence-electron chi connectivity index (χ2n) is 5.33. The summed E-state index contributed by atoms with van der Waals surface area (Å²) in [6, 6.07) is 0. The molecule has 0 radical (unpaired) electrons. The molecule has 0 unspecified atom stereocenters. The molecule has 1 saturated carbocycles. The zero-order valence-electron chi connectivity index (χ0n) is 13.3. The lowest BCUT2D eigenvalue weighted by atomic mass is 10.2. The van der Waals surface area contributed by atoms with E-state index in [1.807, 2.05) is 0 Å². The molecule has 0 amide bonds. The first-order chi connectivity index (χ1) is 10.3. The molecule has 0 aromatic rings. The molecule has 0 saturated heterocycles. The van der Waals surface area contributed by atoms with Crippen molar-refractivity contribution in [1.29, 1.82) is 0 Å². The third-order valence-electron chi connectivity index (χ3n) is 3.36. The summed E-state index contributed by atoms with van der Waals surface area (Å²) < 4.78 is 10.2. The monoisotopic (exact) mass is 299 g/mol. The Labute approximate surface area is 127 Å². The molecule has 0 heterocycles. The minimum absolute atomic E-state index is 0.149. The van der Waals surface area contributed by atoms with Crippen molar-refractivity contribution >= 4 is 11.9 Å². The molecule has 1 aliphatic carbocycles. The van der Waals surface area contributed by atoms with Crippen LogP contribution in [0.4, 0.5) is 0 Å². The number of methoxy groups -OCH3 is 1. The van der Waals surface area contributed by atoms with Crippen LogP contribution in [0.1, 0.15) is 38.5 Å². The van der Waals surface area contributed by atoms with Gasteiger partial charge in [0.2, 0.25) is 0 Å². The molecule has 0 bridgehead atoms. The largest absolute Gasteiger partial charge is 0.469 e. The van der Waals surface area contributed by atoms with Crippen molar-refractivity contribution in [2.24, 2.45) is 10.9 Å². The number of aliphatic imine (C=N–C) groups is 1. The highest BCUT2D eigenvalue weighted by Gasteiger charge is 2.20. The van der Waals surface area contributed by atoms with Gasteiger partial charge < -0.3 is 20.1 Å². The summed E-state index contributed by atoms with van der Waals surface area (Å²) in [5.41, 5.74) is 0. The molecule has 2 N–H and O–H groups in total. The highest BCUT2D eigenvalue weighted by Crippen LogP contribution is 2.28. The van der Waals surface area contributed by atoms with Crippen LogP contribution in [0.5, 0.6) is 0 Å². The Morgan fingerprint density at radius 3 is 2.52 bits per heavy atom. The van der Waals surface area contributed by atoms with Crippen LogP contribution in [0.15, 0.2) is 4.99 Å². The van der Waals surface area contributed by atoms with E-state index in [0.717, 1.165) is 57.4 Å². The van der Waals surface area contributed by atoms with Crippen LogP contribution in [-0.2, 0) is 14.3 Å². The summed E-state index contributed by atoms with van der Waals surface area (Å²) in [7, 11) is 3.17. The maximum Gasteiger partial charge on any atom is 0.305 e. The van der Waals surface area contributed by atoms with Gasteiger partial charge in [-0.2, -0.15) is 0 Å². The predicted molar refractivity (Wildman–Crippen MR) is 83.4 cm³/mol. The van der Waals surface area contributed by atoms with Gasteiger partial charge in [-0.05, 0) is 38.0 Å². The maximum absolute atomic E-state index is 10.9. The maximum atomic E-state index is 10.9. The van der Waals surface area contributed by atoms with Gasteiger partial charge in [-0.15, -0.1) is 0 Å². The highest BCUT2D eigenvalue weighted by molar-refractivity contribution is 5.79. The van der Waals surface area contributed by atoms with E-state index >= 15 is 0 Å². The fourth-order valence-corrected chi connectivity index (χ4v) is 1.84. The van der Waals surface area contributed by atoms with E-state index in [2.05, 4.69) is 20.4 Å². The van der Waals surface area contributed by atoms with Crippen LogP contribution in [0.3, 0.4) is 0 Å². The minimum atomic E-state index is -0.149. The topological polar surface area (TPSA) is 72.0 Å². The number of rotatable bonds is 11. The summed E-state index contributed by atoms with van der Waals surface area (Å²) in [5, 5.41) is 6.48. The minimum Gasteiger partial charge on any atom is -0.469 e. The molecule has 0 aliphatic heterocycles. The van der Waals surface area contributed by atoms with Crippen LogP contribution >= 0.6 is 0 Å². The van der Waals surface area contributed by atoms with Gasteiger partial charge in [0.15, 0.2) is 5.96 Å². The van der Waals surface area contributed by atoms with Gasteiger partial charge in [0.05, 0.1) is 7.11 Å². The molecule has 6 nitrogen and oxygen atoms in total. The van der Waals surface area contributed by atoms with Crippen molar-refractivity contribution in [2.45, 2.75) is 38.5 Å². The lowest BCUT2D eigenvalue weighted by Gasteiger charge is -2.11. The van der Waals surface area contributed by atoms with Gasteiger partial charge in [-0.3, -0.25) is 9.79 Å². The van der Waals surface area contributed by atoms with Crippen LogP contribution in [-0.4, -0.2) is 52.4 Å². The number of nitrogens with one attached hydrogen (secondary N) is 2. The van der Waals surface area contributed by atoms with E-state index in [9.17, 15) is 4.79 Å². The van der Waals surface area contributed by atoms with Crippen molar-refractivity contribution in [3.05, 3.63) is 0 Å². The highest BCUT2D eigenvalue weighted by atomic mass is 16.5. The lowest BCUT2D eigenvalue weighted by molar-refractivity contribution is -0.140. The quantitative estimate of drug-likeness (QED) is 0.260. The third-order valence-corrected chi connectivity index (χ3v) is 3.36. The van der Waals surface area contributed by atoms with Gasteiger partial charge in [0.1, 0.15) is 0 Å². The molecule has 1 rings (SSSR count). The molecule has 0 atom stereocenters. The molecule has 6 heteroatoms. The van der Waals surface area contributed by atoms with Crippen LogP contribution in [0, 0.1) is 5.92 Å². The second kappa shape index (κ2) is 11.4. The SMILES string of the molecule is CN=C(NCCCCC(=O)OC)NCCCOCC1CC1. The molecular weight excluding hydrogens is 270 g/mol. The number of nitrogens with zero attached hydrogens (tertiary/aromatic N) is 1. The zero-order valence-corrected chi connectivity index (χ0v) is 13.3. The fraction of sp³-hybridized carbons (Fsp3) is 0.867. The lowest BCUT2D eigenvalue weighted by Crippen LogP contribution is -2.38. The van der Waals surface area contributed by atoms with E-state index < -0.39 is 0 Å². The van der Waals surface area contributed by atoms with Crippen molar-refractivity contribution in [1.82, 2.24) is 10.6 Å². The Balaban J connectivity index is 1.89. The van der Waals surface area contributed by atoms with Gasteiger partial charge in [0, 0.05) is 39.8 Å². The molecule has 122 valence electrons. The summed E-state index contributed by atoms with van der Waals surface area (Å²) in [6.45, 7) is 3.38. The number of carbonyl (C=O) groups is 1. The van der Waals surface area contributed by atoms with E-state index in [1.54, 1.807) is 7.05 Å². The van der Waals surface area contributed by atoms with Crippen molar-refractivity contribution in [3.63, 3.8) is 0 Å². The third kappa shape index (κ3) is 10.1.